The highest BCUT2D eigenvalue weighted by Crippen LogP contribution is 2.11. The van der Waals surface area contributed by atoms with Crippen LogP contribution in [0, 0.1) is 11.3 Å². The van der Waals surface area contributed by atoms with Gasteiger partial charge in [0, 0.05) is 18.8 Å². The van der Waals surface area contributed by atoms with E-state index in [1.165, 1.54) is 0 Å². The minimum atomic E-state index is -1.06. The van der Waals surface area contributed by atoms with Crippen LogP contribution in [-0.2, 0) is 16.1 Å². The van der Waals surface area contributed by atoms with Crippen molar-refractivity contribution in [3.05, 3.63) is 47.7 Å². The first-order chi connectivity index (χ1) is 10.5. The molecule has 0 heterocycles. The molecule has 0 aliphatic heterocycles. The van der Waals surface area contributed by atoms with Crippen LogP contribution in [0.4, 0.5) is 0 Å². The third kappa shape index (κ3) is 5.29. The summed E-state index contributed by atoms with van der Waals surface area (Å²) in [7, 11) is 0. The zero-order valence-electron chi connectivity index (χ0n) is 12.6. The number of hydrogen-bond acceptors (Lipinski definition) is 4. The third-order valence-electron chi connectivity index (χ3n) is 2.93. The molecule has 0 unspecified atom stereocenters. The summed E-state index contributed by atoms with van der Waals surface area (Å²) in [5.74, 6) is -1.50. The highest BCUT2D eigenvalue weighted by Gasteiger charge is 2.21. The monoisotopic (exact) mass is 301 g/mol. The van der Waals surface area contributed by atoms with Crippen LogP contribution in [0.2, 0.25) is 0 Å². The first-order valence-corrected chi connectivity index (χ1v) is 6.86. The number of nitrogens with zero attached hydrogens (tertiary/aromatic N) is 2. The number of amides is 1. The van der Waals surface area contributed by atoms with E-state index in [-0.39, 0.29) is 18.2 Å². The summed E-state index contributed by atoms with van der Waals surface area (Å²) in [6, 6.07) is 11.2. The predicted molar refractivity (Wildman–Crippen MR) is 81.5 cm³/mol. The maximum Gasteiger partial charge on any atom is 0.322 e. The van der Waals surface area contributed by atoms with E-state index < -0.39 is 11.9 Å². The number of aliphatic carboxylic acids is 1. The van der Waals surface area contributed by atoms with E-state index in [4.69, 9.17) is 10.4 Å². The lowest BCUT2D eigenvalue weighted by Gasteiger charge is -2.26. The molecule has 1 amide bonds. The maximum atomic E-state index is 12.4. The van der Waals surface area contributed by atoms with Crippen molar-refractivity contribution in [1.82, 2.24) is 10.2 Å². The molecule has 0 aromatic heterocycles. The standard InChI is InChI=1S/C16H19N3O3/c1-12(2)19(11-13-6-4-3-5-7-13)16(22)14(8-17)9-18-10-15(20)21/h3-7,9,12,18H,10-11H2,1-2H3,(H,20,21)/b14-9-. The molecule has 116 valence electrons. The molecular formula is C16H19N3O3. The average Bonchev–Trinajstić information content (AvgIpc) is 2.49. The zero-order chi connectivity index (χ0) is 16.5. The van der Waals surface area contributed by atoms with Gasteiger partial charge in [-0.15, -0.1) is 0 Å². The van der Waals surface area contributed by atoms with Gasteiger partial charge in [0.25, 0.3) is 5.91 Å². The molecule has 0 radical (unpaired) electrons. The molecule has 0 fully saturated rings. The van der Waals surface area contributed by atoms with Gasteiger partial charge in [0.15, 0.2) is 0 Å². The molecule has 6 heteroatoms. The van der Waals surface area contributed by atoms with Crippen LogP contribution in [0.15, 0.2) is 42.1 Å². The van der Waals surface area contributed by atoms with Gasteiger partial charge in [-0.3, -0.25) is 9.59 Å². The molecule has 1 aromatic rings. The number of nitrogens with one attached hydrogen (secondary N) is 1. The van der Waals surface area contributed by atoms with Gasteiger partial charge in [-0.2, -0.15) is 5.26 Å². The van der Waals surface area contributed by atoms with Crippen molar-refractivity contribution in [2.45, 2.75) is 26.4 Å². The van der Waals surface area contributed by atoms with Crippen molar-refractivity contribution in [2.75, 3.05) is 6.54 Å². The molecule has 0 spiro atoms. The van der Waals surface area contributed by atoms with Crippen LogP contribution in [0.3, 0.4) is 0 Å². The van der Waals surface area contributed by atoms with Crippen molar-refractivity contribution in [1.29, 1.82) is 5.26 Å². The van der Waals surface area contributed by atoms with Crippen molar-refractivity contribution in [3.8, 4) is 6.07 Å². The van der Waals surface area contributed by atoms with Gasteiger partial charge in [-0.25, -0.2) is 0 Å². The number of carbonyl (C=O) groups is 2. The Morgan fingerprint density at radius 1 is 1.36 bits per heavy atom. The largest absolute Gasteiger partial charge is 0.480 e. The minimum Gasteiger partial charge on any atom is -0.480 e. The first kappa shape index (κ1) is 17.2. The maximum absolute atomic E-state index is 12.4. The molecule has 0 saturated heterocycles. The van der Waals surface area contributed by atoms with Crippen LogP contribution in [0.1, 0.15) is 19.4 Å². The lowest BCUT2D eigenvalue weighted by molar-refractivity contribution is -0.136. The molecule has 0 atom stereocenters. The summed E-state index contributed by atoms with van der Waals surface area (Å²) in [6.07, 6.45) is 1.15. The van der Waals surface area contributed by atoms with Crippen molar-refractivity contribution in [2.24, 2.45) is 0 Å². The number of carboxylic acid groups (broad SMARTS) is 1. The Morgan fingerprint density at radius 3 is 2.50 bits per heavy atom. The molecule has 0 saturated carbocycles. The summed E-state index contributed by atoms with van der Waals surface area (Å²) >= 11 is 0. The van der Waals surface area contributed by atoms with Gasteiger partial charge in [0.1, 0.15) is 18.2 Å². The second-order valence-corrected chi connectivity index (χ2v) is 4.96. The van der Waals surface area contributed by atoms with E-state index in [0.717, 1.165) is 11.8 Å². The molecule has 1 rings (SSSR count). The van der Waals surface area contributed by atoms with Gasteiger partial charge in [-0.1, -0.05) is 30.3 Å². The predicted octanol–water partition coefficient (Wildman–Crippen LogP) is 1.51. The first-order valence-electron chi connectivity index (χ1n) is 6.86. The van der Waals surface area contributed by atoms with Gasteiger partial charge < -0.3 is 15.3 Å². The number of nitriles is 1. The summed E-state index contributed by atoms with van der Waals surface area (Å²) in [5.41, 5.74) is 0.839. The summed E-state index contributed by atoms with van der Waals surface area (Å²) in [6.45, 7) is 3.76. The Kier molecular flexibility index (Phi) is 6.64. The molecule has 22 heavy (non-hydrogen) atoms. The van der Waals surface area contributed by atoms with E-state index >= 15 is 0 Å². The lowest BCUT2D eigenvalue weighted by Crippen LogP contribution is -2.37. The van der Waals surface area contributed by atoms with Crippen molar-refractivity contribution in [3.63, 3.8) is 0 Å². The summed E-state index contributed by atoms with van der Waals surface area (Å²) in [5, 5.41) is 20.1. The minimum absolute atomic E-state index is 0.0936. The Morgan fingerprint density at radius 2 is 2.00 bits per heavy atom. The molecule has 0 bridgehead atoms. The highest BCUT2D eigenvalue weighted by molar-refractivity contribution is 5.97. The molecule has 2 N–H and O–H groups in total. The quantitative estimate of drug-likeness (QED) is 0.588. The smallest absolute Gasteiger partial charge is 0.322 e. The SMILES string of the molecule is CC(C)N(Cc1ccccc1)C(=O)/C(C#N)=C\NCC(=O)O. The third-order valence-corrected chi connectivity index (χ3v) is 2.93. The van der Waals surface area contributed by atoms with Gasteiger partial charge in [-0.05, 0) is 19.4 Å². The van der Waals surface area contributed by atoms with E-state index in [1.54, 1.807) is 4.90 Å². The number of benzene rings is 1. The Balaban J connectivity index is 2.87. The molecule has 0 aliphatic rings. The normalized spacial score (nSPS) is 10.9. The van der Waals surface area contributed by atoms with E-state index in [0.29, 0.717) is 6.54 Å². The van der Waals surface area contributed by atoms with Crippen LogP contribution in [0.5, 0.6) is 0 Å². The number of hydrogen-bond donors (Lipinski definition) is 2. The van der Waals surface area contributed by atoms with Crippen LogP contribution in [-0.4, -0.2) is 34.5 Å². The fraction of sp³-hybridized carbons (Fsp3) is 0.312. The molecule has 0 aliphatic carbocycles. The zero-order valence-corrected chi connectivity index (χ0v) is 12.6. The van der Waals surface area contributed by atoms with E-state index in [1.807, 2.05) is 50.2 Å². The van der Waals surface area contributed by atoms with Gasteiger partial charge in [0.2, 0.25) is 0 Å². The van der Waals surface area contributed by atoms with Gasteiger partial charge in [0.05, 0.1) is 0 Å². The second-order valence-electron chi connectivity index (χ2n) is 4.96. The van der Waals surface area contributed by atoms with Crippen LogP contribution in [0.25, 0.3) is 0 Å². The Bertz CT molecular complexity index is 588. The number of carboxylic acids is 1. The van der Waals surface area contributed by atoms with Crippen LogP contribution < -0.4 is 5.32 Å². The molecule has 6 nitrogen and oxygen atoms in total. The summed E-state index contributed by atoms with van der Waals surface area (Å²) < 4.78 is 0. The molecule has 1 aromatic carbocycles. The Hall–Kier alpha value is -2.81. The number of rotatable bonds is 7. The summed E-state index contributed by atoms with van der Waals surface area (Å²) in [4.78, 5) is 24.5. The van der Waals surface area contributed by atoms with E-state index in [9.17, 15) is 9.59 Å². The number of carbonyl (C=O) groups excluding carboxylic acids is 1. The molecular weight excluding hydrogens is 282 g/mol. The average molecular weight is 301 g/mol. The fourth-order valence-electron chi connectivity index (χ4n) is 1.81. The topological polar surface area (TPSA) is 93.4 Å². The van der Waals surface area contributed by atoms with Crippen molar-refractivity contribution >= 4 is 11.9 Å². The Labute approximate surface area is 129 Å². The van der Waals surface area contributed by atoms with Crippen LogP contribution >= 0.6 is 0 Å². The highest BCUT2D eigenvalue weighted by atomic mass is 16.4. The second kappa shape index (κ2) is 8.47. The van der Waals surface area contributed by atoms with E-state index in [2.05, 4.69) is 5.32 Å². The fourth-order valence-corrected chi connectivity index (χ4v) is 1.81. The lowest BCUT2D eigenvalue weighted by atomic mass is 10.1. The van der Waals surface area contributed by atoms with Crippen molar-refractivity contribution < 1.29 is 14.7 Å². The van der Waals surface area contributed by atoms with Gasteiger partial charge >= 0.3 is 5.97 Å².